The Bertz CT molecular complexity index is 1010. The fraction of sp³-hybridized carbons (Fsp3) is 0.211. The molecule has 0 saturated heterocycles. The highest BCUT2D eigenvalue weighted by Crippen LogP contribution is 2.23. The average molecular weight is 422 g/mol. The van der Waals surface area contributed by atoms with E-state index in [1.165, 1.54) is 0 Å². The normalized spacial score (nSPS) is 12.1. The number of ether oxygens (including phenoxy) is 1. The van der Waals surface area contributed by atoms with Gasteiger partial charge in [-0.2, -0.15) is 0 Å². The van der Waals surface area contributed by atoms with Crippen molar-refractivity contribution in [2.24, 2.45) is 5.73 Å². The summed E-state index contributed by atoms with van der Waals surface area (Å²) in [6, 6.07) is 9.54. The number of fused-ring (bicyclic) bond motifs is 1. The second kappa shape index (κ2) is 8.60. The second-order valence-corrected chi connectivity index (χ2v) is 7.01. The Morgan fingerprint density at radius 2 is 1.89 bits per heavy atom. The molecule has 146 valence electrons. The molecule has 0 bridgehead atoms. The lowest BCUT2D eigenvalue weighted by Gasteiger charge is -2.11. The number of aliphatic carboxylic acids is 1. The first-order valence-corrected chi connectivity index (χ1v) is 9.12. The Morgan fingerprint density at radius 1 is 1.21 bits per heavy atom. The Morgan fingerprint density at radius 3 is 2.57 bits per heavy atom. The number of rotatable bonds is 7. The molecule has 0 unspecified atom stereocenters. The number of nitrogens with two attached hydrogens (primary N) is 1. The van der Waals surface area contributed by atoms with Gasteiger partial charge in [0.2, 0.25) is 0 Å². The van der Waals surface area contributed by atoms with E-state index < -0.39 is 18.0 Å². The number of esters is 1. The van der Waals surface area contributed by atoms with Crippen LogP contribution in [0.25, 0.3) is 10.9 Å². The highest BCUT2D eigenvalue weighted by molar-refractivity contribution is 6.32. The molecule has 0 amide bonds. The molecule has 3 rings (SSSR count). The van der Waals surface area contributed by atoms with Crippen LogP contribution >= 0.6 is 23.2 Å². The largest absolute Gasteiger partial charge is 0.480 e. The fourth-order valence-corrected chi connectivity index (χ4v) is 3.45. The summed E-state index contributed by atoms with van der Waals surface area (Å²) in [6.07, 6.45) is 1.91. The number of halogens is 2. The quantitative estimate of drug-likeness (QED) is 0.448. The zero-order valence-corrected chi connectivity index (χ0v) is 16.2. The number of carboxylic acid groups (broad SMARTS) is 1. The number of benzene rings is 1. The molecule has 9 heteroatoms. The number of hydrogen-bond donors (Lipinski definition) is 2. The smallest absolute Gasteiger partial charge is 0.323 e. The lowest BCUT2D eigenvalue weighted by atomic mass is 10.1. The Labute approximate surface area is 170 Å². The first-order valence-electron chi connectivity index (χ1n) is 8.36. The van der Waals surface area contributed by atoms with E-state index in [-0.39, 0.29) is 29.9 Å². The van der Waals surface area contributed by atoms with Gasteiger partial charge in [0.05, 0.1) is 0 Å². The average Bonchev–Trinajstić information content (AvgIpc) is 2.96. The van der Waals surface area contributed by atoms with Gasteiger partial charge in [0.1, 0.15) is 29.5 Å². The zero-order chi connectivity index (χ0) is 20.3. The van der Waals surface area contributed by atoms with Crippen LogP contribution in [0.1, 0.15) is 11.1 Å². The minimum Gasteiger partial charge on any atom is -0.480 e. The van der Waals surface area contributed by atoms with Crippen LogP contribution in [0.4, 0.5) is 0 Å². The molecule has 0 saturated carbocycles. The predicted molar refractivity (Wildman–Crippen MR) is 105 cm³/mol. The first kappa shape index (κ1) is 20.1. The van der Waals surface area contributed by atoms with Gasteiger partial charge in [-0.1, -0.05) is 41.4 Å². The van der Waals surface area contributed by atoms with Gasteiger partial charge in [-0.3, -0.25) is 9.59 Å². The van der Waals surface area contributed by atoms with Crippen molar-refractivity contribution in [1.29, 1.82) is 0 Å². The maximum Gasteiger partial charge on any atom is 0.323 e. The van der Waals surface area contributed by atoms with Crippen LogP contribution in [0.5, 0.6) is 0 Å². The molecule has 3 N–H and O–H groups in total. The number of para-hydroxylation sites is 1. The van der Waals surface area contributed by atoms with Gasteiger partial charge in [-0.25, -0.2) is 4.98 Å². The van der Waals surface area contributed by atoms with Gasteiger partial charge in [0.25, 0.3) is 0 Å². The molecule has 1 atom stereocenters. The maximum atomic E-state index is 12.3. The number of pyridine rings is 1. The minimum absolute atomic E-state index is 0.0325. The lowest BCUT2D eigenvalue weighted by Crippen LogP contribution is -2.34. The van der Waals surface area contributed by atoms with E-state index in [1.54, 1.807) is 22.9 Å². The van der Waals surface area contributed by atoms with Crippen molar-refractivity contribution in [2.45, 2.75) is 25.6 Å². The van der Waals surface area contributed by atoms with E-state index in [0.717, 1.165) is 16.5 Å². The van der Waals surface area contributed by atoms with E-state index in [1.807, 2.05) is 24.3 Å². The van der Waals surface area contributed by atoms with E-state index in [4.69, 9.17) is 38.8 Å². The molecule has 28 heavy (non-hydrogen) atoms. The van der Waals surface area contributed by atoms with Crippen LogP contribution in [0.3, 0.4) is 0 Å². The van der Waals surface area contributed by atoms with Crippen LogP contribution in [-0.4, -0.2) is 32.6 Å². The van der Waals surface area contributed by atoms with Gasteiger partial charge in [0.15, 0.2) is 0 Å². The predicted octanol–water partition coefficient (Wildman–Crippen LogP) is 3.04. The van der Waals surface area contributed by atoms with Crippen LogP contribution < -0.4 is 5.73 Å². The SMILES string of the molecule is N[C@@H](Cc1cn(CC(=O)O)c2ccccc12)C(=O)OCc1cc(Cl)nc(Cl)c1. The lowest BCUT2D eigenvalue weighted by molar-refractivity contribution is -0.146. The fourth-order valence-electron chi connectivity index (χ4n) is 2.94. The van der Waals surface area contributed by atoms with Crippen LogP contribution in [0.2, 0.25) is 10.3 Å². The van der Waals surface area contributed by atoms with E-state index in [2.05, 4.69) is 4.98 Å². The van der Waals surface area contributed by atoms with Crippen molar-refractivity contribution in [3.63, 3.8) is 0 Å². The number of carbonyl (C=O) groups is 2. The van der Waals surface area contributed by atoms with Gasteiger partial charge in [-0.05, 0) is 29.3 Å². The topological polar surface area (TPSA) is 107 Å². The Hall–Kier alpha value is -2.61. The summed E-state index contributed by atoms with van der Waals surface area (Å²) in [5, 5.41) is 10.3. The summed E-state index contributed by atoms with van der Waals surface area (Å²) in [5.41, 5.74) is 8.15. The van der Waals surface area contributed by atoms with Gasteiger partial charge < -0.3 is 20.1 Å². The van der Waals surface area contributed by atoms with E-state index in [9.17, 15) is 9.59 Å². The van der Waals surface area contributed by atoms with Crippen LogP contribution in [-0.2, 0) is 33.9 Å². The number of aromatic nitrogens is 2. The molecule has 0 spiro atoms. The number of nitrogens with zero attached hydrogens (tertiary/aromatic N) is 2. The third-order valence-corrected chi connectivity index (χ3v) is 4.51. The van der Waals surface area contributed by atoms with E-state index >= 15 is 0 Å². The van der Waals surface area contributed by atoms with Crippen molar-refractivity contribution >= 4 is 46.0 Å². The molecular weight excluding hydrogens is 405 g/mol. The first-order chi connectivity index (χ1) is 13.3. The minimum atomic E-state index is -0.953. The molecule has 0 radical (unpaired) electrons. The molecule has 0 aliphatic rings. The molecule has 1 aromatic carbocycles. The van der Waals surface area contributed by atoms with Gasteiger partial charge in [-0.15, -0.1) is 0 Å². The Kier molecular flexibility index (Phi) is 6.18. The summed E-state index contributed by atoms with van der Waals surface area (Å²) in [4.78, 5) is 27.2. The molecule has 0 aliphatic heterocycles. The summed E-state index contributed by atoms with van der Waals surface area (Å²) in [6.45, 7) is -0.209. The molecule has 2 heterocycles. The molecule has 0 fully saturated rings. The summed E-state index contributed by atoms with van der Waals surface area (Å²) < 4.78 is 6.86. The summed E-state index contributed by atoms with van der Waals surface area (Å²) in [7, 11) is 0. The monoisotopic (exact) mass is 421 g/mol. The maximum absolute atomic E-state index is 12.3. The number of carboxylic acids is 1. The Balaban J connectivity index is 1.70. The third-order valence-electron chi connectivity index (χ3n) is 4.12. The van der Waals surface area contributed by atoms with Crippen molar-refractivity contribution in [3.05, 3.63) is 64.0 Å². The van der Waals surface area contributed by atoms with Crippen LogP contribution in [0.15, 0.2) is 42.6 Å². The van der Waals surface area contributed by atoms with Crippen molar-refractivity contribution in [2.75, 3.05) is 0 Å². The van der Waals surface area contributed by atoms with Gasteiger partial charge >= 0.3 is 11.9 Å². The molecule has 3 aromatic rings. The molecule has 2 aromatic heterocycles. The number of hydrogen-bond acceptors (Lipinski definition) is 5. The zero-order valence-electron chi connectivity index (χ0n) is 14.6. The highest BCUT2D eigenvalue weighted by Gasteiger charge is 2.19. The standard InChI is InChI=1S/C19H17Cl2N3O4/c20-16-5-11(6-17(21)23-16)10-28-19(27)14(22)7-12-8-24(9-18(25)26)15-4-2-1-3-13(12)15/h1-6,8,14H,7,9-10,22H2,(H,25,26)/t14-/m0/s1. The third kappa shape index (κ3) is 4.81. The van der Waals surface area contributed by atoms with Crippen molar-refractivity contribution in [3.8, 4) is 0 Å². The molecule has 0 aliphatic carbocycles. The highest BCUT2D eigenvalue weighted by atomic mass is 35.5. The summed E-state index contributed by atoms with van der Waals surface area (Å²) in [5.74, 6) is -1.54. The molecular formula is C19H17Cl2N3O4. The van der Waals surface area contributed by atoms with Crippen molar-refractivity contribution < 1.29 is 19.4 Å². The van der Waals surface area contributed by atoms with Gasteiger partial charge in [0, 0.05) is 23.5 Å². The molecule has 7 nitrogen and oxygen atoms in total. The number of carbonyl (C=O) groups excluding carboxylic acids is 1. The van der Waals surface area contributed by atoms with Crippen LogP contribution in [0, 0.1) is 0 Å². The van der Waals surface area contributed by atoms with Crippen molar-refractivity contribution in [1.82, 2.24) is 9.55 Å². The summed E-state index contributed by atoms with van der Waals surface area (Å²) >= 11 is 11.6. The van der Waals surface area contributed by atoms with E-state index in [0.29, 0.717) is 5.56 Å². The second-order valence-electron chi connectivity index (χ2n) is 6.23.